The van der Waals surface area contributed by atoms with E-state index < -0.39 is 11.7 Å². The molecule has 0 atom stereocenters. The van der Waals surface area contributed by atoms with Crippen LogP contribution in [0.5, 0.6) is 0 Å². The Morgan fingerprint density at radius 2 is 1.88 bits per heavy atom. The number of nitrogens with one attached hydrogen (secondary N) is 1. The molecule has 3 nitrogen and oxygen atoms in total. The molecule has 0 spiro atoms. The van der Waals surface area contributed by atoms with E-state index in [0.29, 0.717) is 35.5 Å². The molecule has 1 aliphatic heterocycles. The van der Waals surface area contributed by atoms with Gasteiger partial charge in [0, 0.05) is 41.9 Å². The highest BCUT2D eigenvalue weighted by atomic mass is 79.9. The van der Waals surface area contributed by atoms with Crippen molar-refractivity contribution in [1.29, 1.82) is 0 Å². The molecular formula is C18H18BrF4N3. The average molecular weight is 432 g/mol. The highest BCUT2D eigenvalue weighted by Gasteiger charge is 2.31. The van der Waals surface area contributed by atoms with E-state index in [9.17, 15) is 17.6 Å². The summed E-state index contributed by atoms with van der Waals surface area (Å²) in [7, 11) is 0. The van der Waals surface area contributed by atoms with Crippen LogP contribution in [-0.2, 0) is 12.7 Å². The molecule has 1 aromatic carbocycles. The molecule has 0 saturated carbocycles. The van der Waals surface area contributed by atoms with Crippen LogP contribution in [0.15, 0.2) is 41.0 Å². The summed E-state index contributed by atoms with van der Waals surface area (Å²) in [5, 5.41) is 3.35. The number of rotatable bonds is 4. The molecule has 2 aromatic rings. The predicted octanol–water partition coefficient (Wildman–Crippen LogP) is 4.76. The van der Waals surface area contributed by atoms with Gasteiger partial charge >= 0.3 is 6.18 Å². The molecule has 1 N–H and O–H groups in total. The lowest BCUT2D eigenvalue weighted by Gasteiger charge is -2.33. The van der Waals surface area contributed by atoms with Gasteiger partial charge in [-0.25, -0.2) is 9.37 Å². The molecule has 0 radical (unpaired) electrons. The van der Waals surface area contributed by atoms with E-state index in [-0.39, 0.29) is 11.9 Å². The van der Waals surface area contributed by atoms with E-state index in [2.05, 4.69) is 26.2 Å². The molecule has 3 rings (SSSR count). The Balaban J connectivity index is 1.51. The van der Waals surface area contributed by atoms with Gasteiger partial charge in [0.25, 0.3) is 0 Å². The van der Waals surface area contributed by atoms with Gasteiger partial charge < -0.3 is 10.2 Å². The largest absolute Gasteiger partial charge is 0.417 e. The lowest BCUT2D eigenvalue weighted by Crippen LogP contribution is -2.42. The Hall–Kier alpha value is -1.67. The first kappa shape index (κ1) is 19.1. The summed E-state index contributed by atoms with van der Waals surface area (Å²) in [6, 6.07) is 7.70. The van der Waals surface area contributed by atoms with Crippen molar-refractivity contribution in [1.82, 2.24) is 10.3 Å². The molecule has 0 aliphatic carbocycles. The number of piperidine rings is 1. The second-order valence-corrected chi connectivity index (χ2v) is 7.20. The highest BCUT2D eigenvalue weighted by Crippen LogP contribution is 2.29. The van der Waals surface area contributed by atoms with Gasteiger partial charge in [-0.2, -0.15) is 13.2 Å². The predicted molar refractivity (Wildman–Crippen MR) is 95.4 cm³/mol. The fourth-order valence-electron chi connectivity index (χ4n) is 2.97. The minimum atomic E-state index is -4.37. The fraction of sp³-hybridized carbons (Fsp3) is 0.389. The van der Waals surface area contributed by atoms with Gasteiger partial charge in [0.1, 0.15) is 11.6 Å². The Bertz CT molecular complexity index is 741. The van der Waals surface area contributed by atoms with E-state index in [1.54, 1.807) is 12.1 Å². The third-order valence-electron chi connectivity index (χ3n) is 4.49. The summed E-state index contributed by atoms with van der Waals surface area (Å²) in [6.45, 7) is 1.83. The SMILES string of the molecule is Fc1cc(Br)ccc1CNC1CCN(c2ccc(C(F)(F)F)cn2)CC1. The number of benzene rings is 1. The first-order chi connectivity index (χ1) is 12.3. The molecule has 0 bridgehead atoms. The number of halogens is 5. The monoisotopic (exact) mass is 431 g/mol. The van der Waals surface area contributed by atoms with Gasteiger partial charge in [-0.15, -0.1) is 0 Å². The van der Waals surface area contributed by atoms with Crippen LogP contribution in [0, 0.1) is 5.82 Å². The molecule has 2 heterocycles. The molecule has 140 valence electrons. The molecule has 0 amide bonds. The molecule has 0 unspecified atom stereocenters. The quantitative estimate of drug-likeness (QED) is 0.707. The van der Waals surface area contributed by atoms with Crippen molar-refractivity contribution < 1.29 is 17.6 Å². The minimum Gasteiger partial charge on any atom is -0.357 e. The minimum absolute atomic E-state index is 0.240. The standard InChI is InChI=1S/C18H18BrF4N3/c19-14-3-1-12(16(20)9-14)10-24-15-5-7-26(8-6-15)17-4-2-13(11-25-17)18(21,22)23/h1-4,9,11,15,24H,5-8,10H2. The third-order valence-corrected chi connectivity index (χ3v) is 4.98. The Morgan fingerprint density at radius 1 is 1.15 bits per heavy atom. The van der Waals surface area contributed by atoms with Gasteiger partial charge in [0.15, 0.2) is 0 Å². The second kappa shape index (κ2) is 7.92. The summed E-state index contributed by atoms with van der Waals surface area (Å²) in [6.07, 6.45) is -1.86. The third kappa shape index (κ3) is 4.73. The molecule has 1 fully saturated rings. The number of pyridine rings is 1. The maximum atomic E-state index is 13.8. The molecule has 8 heteroatoms. The maximum absolute atomic E-state index is 13.8. The second-order valence-electron chi connectivity index (χ2n) is 6.28. The fourth-order valence-corrected chi connectivity index (χ4v) is 3.31. The number of nitrogens with zero attached hydrogens (tertiary/aromatic N) is 2. The van der Waals surface area contributed by atoms with Crippen molar-refractivity contribution >= 4 is 21.7 Å². The van der Waals surface area contributed by atoms with Crippen LogP contribution >= 0.6 is 15.9 Å². The van der Waals surface area contributed by atoms with Crippen molar-refractivity contribution in [2.75, 3.05) is 18.0 Å². The number of aromatic nitrogens is 1. The zero-order valence-corrected chi connectivity index (χ0v) is 15.4. The summed E-state index contributed by atoms with van der Waals surface area (Å²) >= 11 is 3.23. The van der Waals surface area contributed by atoms with Crippen molar-refractivity contribution in [3.63, 3.8) is 0 Å². The first-order valence-corrected chi connectivity index (χ1v) is 9.08. The summed E-state index contributed by atoms with van der Waals surface area (Å²) in [5.41, 5.74) is -0.130. The lowest BCUT2D eigenvalue weighted by molar-refractivity contribution is -0.137. The summed E-state index contributed by atoms with van der Waals surface area (Å²) < 4.78 is 52.3. The van der Waals surface area contributed by atoms with Gasteiger partial charge in [-0.3, -0.25) is 0 Å². The van der Waals surface area contributed by atoms with Gasteiger partial charge in [0.05, 0.1) is 5.56 Å². The summed E-state index contributed by atoms with van der Waals surface area (Å²) in [5.74, 6) is 0.300. The first-order valence-electron chi connectivity index (χ1n) is 8.28. The Kier molecular flexibility index (Phi) is 5.82. The van der Waals surface area contributed by atoms with Crippen LogP contribution in [0.2, 0.25) is 0 Å². The average Bonchev–Trinajstić information content (AvgIpc) is 2.61. The van der Waals surface area contributed by atoms with Crippen LogP contribution < -0.4 is 10.2 Å². The van der Waals surface area contributed by atoms with E-state index in [1.165, 1.54) is 12.1 Å². The van der Waals surface area contributed by atoms with Crippen LogP contribution in [-0.4, -0.2) is 24.1 Å². The maximum Gasteiger partial charge on any atom is 0.417 e. The van der Waals surface area contributed by atoms with Crippen molar-refractivity contribution in [3.05, 3.63) is 57.9 Å². The number of hydrogen-bond donors (Lipinski definition) is 1. The normalized spacial score (nSPS) is 16.1. The van der Waals surface area contributed by atoms with Crippen LogP contribution in [0.3, 0.4) is 0 Å². The topological polar surface area (TPSA) is 28.2 Å². The molecule has 26 heavy (non-hydrogen) atoms. The molecule has 1 aromatic heterocycles. The van der Waals surface area contributed by atoms with Crippen LogP contribution in [0.1, 0.15) is 24.0 Å². The van der Waals surface area contributed by atoms with Crippen molar-refractivity contribution in [2.45, 2.75) is 31.6 Å². The van der Waals surface area contributed by atoms with E-state index in [1.807, 2.05) is 4.90 Å². The molecular weight excluding hydrogens is 414 g/mol. The van der Waals surface area contributed by atoms with E-state index in [4.69, 9.17) is 0 Å². The number of alkyl halides is 3. The van der Waals surface area contributed by atoms with Crippen molar-refractivity contribution in [2.24, 2.45) is 0 Å². The van der Waals surface area contributed by atoms with Gasteiger partial charge in [-0.05, 0) is 37.1 Å². The van der Waals surface area contributed by atoms with Gasteiger partial charge in [0.2, 0.25) is 0 Å². The van der Waals surface area contributed by atoms with E-state index >= 15 is 0 Å². The van der Waals surface area contributed by atoms with Gasteiger partial charge in [-0.1, -0.05) is 22.0 Å². The van der Waals surface area contributed by atoms with Crippen LogP contribution in [0.25, 0.3) is 0 Å². The smallest absolute Gasteiger partial charge is 0.357 e. The zero-order chi connectivity index (χ0) is 18.7. The highest BCUT2D eigenvalue weighted by molar-refractivity contribution is 9.10. The van der Waals surface area contributed by atoms with Crippen LogP contribution in [0.4, 0.5) is 23.4 Å². The summed E-state index contributed by atoms with van der Waals surface area (Å²) in [4.78, 5) is 5.91. The number of hydrogen-bond acceptors (Lipinski definition) is 3. The molecule has 1 saturated heterocycles. The Labute approximate surface area is 157 Å². The lowest BCUT2D eigenvalue weighted by atomic mass is 10.0. The molecule has 1 aliphatic rings. The number of anilines is 1. The van der Waals surface area contributed by atoms with Crippen molar-refractivity contribution in [3.8, 4) is 0 Å². The Morgan fingerprint density at radius 3 is 2.46 bits per heavy atom. The zero-order valence-electron chi connectivity index (χ0n) is 13.9. The van der Waals surface area contributed by atoms with E-state index in [0.717, 1.165) is 25.1 Å².